The molecule has 0 amide bonds. The van der Waals surface area contributed by atoms with Crippen molar-refractivity contribution in [1.82, 2.24) is 10.3 Å². The van der Waals surface area contributed by atoms with Gasteiger partial charge < -0.3 is 10.2 Å². The third-order valence-electron chi connectivity index (χ3n) is 3.16. The third-order valence-corrected chi connectivity index (χ3v) is 3.37. The number of anilines is 1. The van der Waals surface area contributed by atoms with Gasteiger partial charge in [-0.15, -0.1) is 0 Å². The average Bonchev–Trinajstić information content (AvgIpc) is 2.39. The largest absolute Gasteiger partial charge is 0.350 e. The average molecular weight is 271 g/mol. The maximum absolute atomic E-state index is 11.0. The summed E-state index contributed by atoms with van der Waals surface area (Å²) in [5.74, 6) is 0.373. The number of aromatic nitrogens is 1. The summed E-state index contributed by atoms with van der Waals surface area (Å²) in [6.07, 6.45) is 3.51. The zero-order valence-electron chi connectivity index (χ0n) is 10.1. The zero-order valence-corrected chi connectivity index (χ0v) is 10.9. The maximum atomic E-state index is 11.0. The van der Waals surface area contributed by atoms with Gasteiger partial charge in [0.1, 0.15) is 0 Å². The molecule has 0 saturated carbocycles. The van der Waals surface area contributed by atoms with Gasteiger partial charge in [0.15, 0.2) is 0 Å². The Morgan fingerprint density at radius 2 is 2.44 bits per heavy atom. The summed E-state index contributed by atoms with van der Waals surface area (Å²) in [5, 5.41) is 14.6. The summed E-state index contributed by atoms with van der Waals surface area (Å²) in [5.41, 5.74) is -0.0458. The van der Waals surface area contributed by atoms with E-state index in [1.807, 2.05) is 11.9 Å². The monoisotopic (exact) mass is 270 g/mol. The molecule has 2 rings (SSSR count). The number of rotatable bonds is 3. The smallest absolute Gasteiger partial charge is 0.313 e. The minimum Gasteiger partial charge on any atom is -0.350 e. The molecule has 0 spiro atoms. The van der Waals surface area contributed by atoms with Crippen LogP contribution in [-0.4, -0.2) is 36.1 Å². The van der Waals surface area contributed by atoms with Crippen molar-refractivity contribution in [2.24, 2.45) is 0 Å². The topological polar surface area (TPSA) is 71.3 Å². The number of pyridine rings is 1. The van der Waals surface area contributed by atoms with E-state index in [2.05, 4.69) is 10.3 Å². The van der Waals surface area contributed by atoms with Gasteiger partial charge in [-0.3, -0.25) is 10.1 Å². The number of nitrogens with zero attached hydrogens (tertiary/aromatic N) is 3. The molecule has 0 bridgehead atoms. The summed E-state index contributed by atoms with van der Waals surface area (Å²) in [4.78, 5) is 16.5. The Morgan fingerprint density at radius 1 is 1.67 bits per heavy atom. The van der Waals surface area contributed by atoms with Gasteiger partial charge in [0.05, 0.1) is 9.95 Å². The van der Waals surface area contributed by atoms with Gasteiger partial charge in [0.2, 0.25) is 5.82 Å². The molecule has 1 N–H and O–H groups in total. The van der Waals surface area contributed by atoms with E-state index in [1.165, 1.54) is 12.3 Å². The second-order valence-corrected chi connectivity index (χ2v) is 4.80. The van der Waals surface area contributed by atoms with Gasteiger partial charge in [-0.25, -0.2) is 4.98 Å². The zero-order chi connectivity index (χ0) is 13.1. The molecule has 1 fully saturated rings. The van der Waals surface area contributed by atoms with Crippen molar-refractivity contribution >= 4 is 23.1 Å². The first-order chi connectivity index (χ1) is 8.59. The molecule has 1 saturated heterocycles. The van der Waals surface area contributed by atoms with E-state index in [0.717, 1.165) is 25.9 Å². The van der Waals surface area contributed by atoms with Gasteiger partial charge in [-0.1, -0.05) is 11.6 Å². The van der Waals surface area contributed by atoms with Crippen LogP contribution in [0.15, 0.2) is 12.3 Å². The Kier molecular flexibility index (Phi) is 3.98. The van der Waals surface area contributed by atoms with Crippen LogP contribution >= 0.6 is 11.6 Å². The molecule has 1 aromatic heterocycles. The minimum absolute atomic E-state index is 0.0458. The molecule has 0 aromatic carbocycles. The van der Waals surface area contributed by atoms with Crippen LogP contribution in [0.3, 0.4) is 0 Å². The van der Waals surface area contributed by atoms with Crippen LogP contribution in [0, 0.1) is 10.1 Å². The quantitative estimate of drug-likeness (QED) is 0.670. The highest BCUT2D eigenvalue weighted by atomic mass is 35.5. The Bertz CT molecular complexity index is 449. The predicted molar refractivity (Wildman–Crippen MR) is 70.2 cm³/mol. The van der Waals surface area contributed by atoms with Crippen molar-refractivity contribution in [2.75, 3.05) is 25.0 Å². The molecule has 0 aliphatic carbocycles. The van der Waals surface area contributed by atoms with Crippen LogP contribution in [0.5, 0.6) is 0 Å². The van der Waals surface area contributed by atoms with Gasteiger partial charge in [0, 0.05) is 31.9 Å². The van der Waals surface area contributed by atoms with E-state index in [1.54, 1.807) is 0 Å². The van der Waals surface area contributed by atoms with Crippen LogP contribution in [0.4, 0.5) is 11.5 Å². The molecule has 6 nitrogen and oxygen atoms in total. The third kappa shape index (κ3) is 2.70. The lowest BCUT2D eigenvalue weighted by atomic mass is 10.1. The number of piperidine rings is 1. The van der Waals surface area contributed by atoms with Crippen LogP contribution in [-0.2, 0) is 0 Å². The van der Waals surface area contributed by atoms with E-state index in [4.69, 9.17) is 11.6 Å². The molecule has 1 unspecified atom stereocenters. The second-order valence-electron chi connectivity index (χ2n) is 4.36. The Morgan fingerprint density at radius 3 is 3.06 bits per heavy atom. The predicted octanol–water partition coefficient (Wildman–Crippen LogP) is 1.83. The molecule has 1 aliphatic heterocycles. The van der Waals surface area contributed by atoms with E-state index < -0.39 is 4.92 Å². The molecule has 1 atom stereocenters. The fourth-order valence-electron chi connectivity index (χ4n) is 2.16. The van der Waals surface area contributed by atoms with Crippen molar-refractivity contribution in [3.05, 3.63) is 27.4 Å². The van der Waals surface area contributed by atoms with Crippen LogP contribution < -0.4 is 10.2 Å². The lowest BCUT2D eigenvalue weighted by molar-refractivity contribution is -0.384. The van der Waals surface area contributed by atoms with Gasteiger partial charge in [-0.2, -0.15) is 0 Å². The maximum Gasteiger partial charge on any atom is 0.313 e. The van der Waals surface area contributed by atoms with Gasteiger partial charge in [0.25, 0.3) is 0 Å². The number of hydrogen-bond donors (Lipinski definition) is 1. The Balaban J connectivity index is 2.28. The molecule has 1 aromatic rings. The molecule has 0 radical (unpaired) electrons. The van der Waals surface area contributed by atoms with Crippen molar-refractivity contribution < 1.29 is 4.92 Å². The molecular weight excluding hydrogens is 256 g/mol. The molecule has 18 heavy (non-hydrogen) atoms. The van der Waals surface area contributed by atoms with Crippen LogP contribution in [0.2, 0.25) is 5.02 Å². The first-order valence-electron chi connectivity index (χ1n) is 5.83. The molecule has 7 heteroatoms. The van der Waals surface area contributed by atoms with Crippen LogP contribution in [0.1, 0.15) is 12.8 Å². The number of nitro groups is 1. The summed E-state index contributed by atoms with van der Waals surface area (Å²) < 4.78 is 0. The highest BCUT2D eigenvalue weighted by molar-refractivity contribution is 6.30. The fraction of sp³-hybridized carbons (Fsp3) is 0.545. The summed E-state index contributed by atoms with van der Waals surface area (Å²) in [6.45, 7) is 1.82. The Hall–Kier alpha value is -1.40. The lowest BCUT2D eigenvalue weighted by Crippen LogP contribution is -2.44. The first-order valence-corrected chi connectivity index (χ1v) is 6.21. The van der Waals surface area contributed by atoms with Crippen molar-refractivity contribution in [3.63, 3.8) is 0 Å². The highest BCUT2D eigenvalue weighted by Gasteiger charge is 2.25. The lowest BCUT2D eigenvalue weighted by Gasteiger charge is -2.32. The second kappa shape index (κ2) is 5.49. The number of likely N-dealkylation sites (N-methyl/N-ethyl adjacent to an activating group) is 1. The minimum atomic E-state index is -0.443. The Labute approximate surface area is 110 Å². The summed E-state index contributed by atoms with van der Waals surface area (Å²) >= 11 is 5.75. The molecular formula is C11H15ClN4O2. The summed E-state index contributed by atoms with van der Waals surface area (Å²) in [6, 6.07) is 1.57. The molecule has 1 aliphatic rings. The SMILES string of the molecule is CN(c1ncc(Cl)cc1[N+](=O)[O-])C1CCCNC1. The number of nitrogens with one attached hydrogen (secondary N) is 1. The van der Waals surface area contributed by atoms with Crippen molar-refractivity contribution in [3.8, 4) is 0 Å². The first kappa shape index (κ1) is 13.0. The van der Waals surface area contributed by atoms with E-state index in [9.17, 15) is 10.1 Å². The van der Waals surface area contributed by atoms with Gasteiger partial charge >= 0.3 is 5.69 Å². The van der Waals surface area contributed by atoms with E-state index in [-0.39, 0.29) is 16.8 Å². The standard InChI is InChI=1S/C11H15ClN4O2/c1-15(9-3-2-4-13-7-9)11-10(16(17)18)5-8(12)6-14-11/h5-6,9,13H,2-4,7H2,1H3. The van der Waals surface area contributed by atoms with Crippen molar-refractivity contribution in [1.29, 1.82) is 0 Å². The fourth-order valence-corrected chi connectivity index (χ4v) is 2.32. The number of hydrogen-bond acceptors (Lipinski definition) is 5. The summed E-state index contributed by atoms with van der Waals surface area (Å²) in [7, 11) is 1.83. The number of halogens is 1. The van der Waals surface area contributed by atoms with Gasteiger partial charge in [-0.05, 0) is 19.4 Å². The van der Waals surface area contributed by atoms with E-state index >= 15 is 0 Å². The van der Waals surface area contributed by atoms with Crippen molar-refractivity contribution in [2.45, 2.75) is 18.9 Å². The highest BCUT2D eigenvalue weighted by Crippen LogP contribution is 2.29. The molecule has 98 valence electrons. The normalized spacial score (nSPS) is 19.6. The molecule has 2 heterocycles. The van der Waals surface area contributed by atoms with E-state index in [0.29, 0.717) is 5.82 Å². The van der Waals surface area contributed by atoms with Crippen LogP contribution in [0.25, 0.3) is 0 Å².